The van der Waals surface area contributed by atoms with Crippen molar-refractivity contribution in [3.8, 4) is 22.3 Å². The van der Waals surface area contributed by atoms with Gasteiger partial charge in [0.05, 0.1) is 11.4 Å². The zero-order chi connectivity index (χ0) is 30.8. The predicted octanol–water partition coefficient (Wildman–Crippen LogP) is 12.6. The van der Waals surface area contributed by atoms with Gasteiger partial charge in [0.15, 0.2) is 0 Å². The lowest BCUT2D eigenvalue weighted by molar-refractivity contribution is 0.660. The van der Waals surface area contributed by atoms with Gasteiger partial charge in [0, 0.05) is 22.1 Å². The van der Waals surface area contributed by atoms with Gasteiger partial charge in [0.2, 0.25) is 0 Å². The van der Waals surface area contributed by atoms with Crippen LogP contribution < -0.4 is 4.90 Å². The van der Waals surface area contributed by atoms with Crippen LogP contribution in [0.15, 0.2) is 164 Å². The number of fused-ring (bicyclic) bond motifs is 8. The van der Waals surface area contributed by atoms with E-state index in [0.717, 1.165) is 5.69 Å². The maximum absolute atomic E-state index is 2.50. The monoisotopic (exact) mass is 587 g/mol. The molecule has 1 nitrogen and oxygen atoms in total. The molecule has 0 aliphatic heterocycles. The molecular formula is C45H33N. The number of rotatable bonds is 4. The fourth-order valence-corrected chi connectivity index (χ4v) is 7.82. The lowest BCUT2D eigenvalue weighted by Gasteiger charge is -2.30. The SMILES string of the molecule is CC1(C)c2ccccc2-c2c(N(c3cccc(-c4ccccc4)c3)c3cccc4c3ccc3c5ccccc5ccc43)cccc21. The molecule has 1 heteroatoms. The first kappa shape index (κ1) is 26.7. The third-order valence-corrected chi connectivity index (χ3v) is 10.0. The molecule has 0 saturated heterocycles. The number of hydrogen-bond acceptors (Lipinski definition) is 1. The van der Waals surface area contributed by atoms with E-state index in [-0.39, 0.29) is 5.41 Å². The highest BCUT2D eigenvalue weighted by Crippen LogP contribution is 2.54. The van der Waals surface area contributed by atoms with E-state index in [1.54, 1.807) is 0 Å². The quantitative estimate of drug-likeness (QED) is 0.185. The zero-order valence-electron chi connectivity index (χ0n) is 26.0. The Bertz CT molecular complexity index is 2450. The van der Waals surface area contributed by atoms with E-state index >= 15 is 0 Å². The molecule has 0 bridgehead atoms. The second-order valence-corrected chi connectivity index (χ2v) is 12.9. The van der Waals surface area contributed by atoms with Crippen molar-refractivity contribution in [2.45, 2.75) is 19.3 Å². The van der Waals surface area contributed by atoms with Crippen LogP contribution in [0.1, 0.15) is 25.0 Å². The van der Waals surface area contributed by atoms with Crippen LogP contribution in [0.5, 0.6) is 0 Å². The predicted molar refractivity (Wildman–Crippen MR) is 197 cm³/mol. The second kappa shape index (κ2) is 10.2. The molecule has 0 unspecified atom stereocenters. The third kappa shape index (κ3) is 3.95. The molecule has 0 amide bonds. The molecule has 8 aromatic carbocycles. The first-order chi connectivity index (χ1) is 22.6. The van der Waals surface area contributed by atoms with E-state index < -0.39 is 0 Å². The Balaban J connectivity index is 1.35. The Morgan fingerprint density at radius 3 is 1.93 bits per heavy atom. The van der Waals surface area contributed by atoms with Crippen LogP contribution in [0, 0.1) is 0 Å². The Kier molecular flexibility index (Phi) is 5.92. The van der Waals surface area contributed by atoms with E-state index in [0.29, 0.717) is 0 Å². The fraction of sp³-hybridized carbons (Fsp3) is 0.0667. The van der Waals surface area contributed by atoms with Gasteiger partial charge in [0.1, 0.15) is 0 Å². The highest BCUT2D eigenvalue weighted by atomic mass is 15.1. The summed E-state index contributed by atoms with van der Waals surface area (Å²) in [5, 5.41) is 7.62. The minimum atomic E-state index is -0.0878. The summed E-state index contributed by atoms with van der Waals surface area (Å²) in [6.45, 7) is 4.71. The van der Waals surface area contributed by atoms with Gasteiger partial charge in [-0.3, -0.25) is 0 Å². The maximum atomic E-state index is 2.50. The molecule has 218 valence electrons. The van der Waals surface area contributed by atoms with Crippen molar-refractivity contribution in [1.29, 1.82) is 0 Å². The van der Waals surface area contributed by atoms with Gasteiger partial charge >= 0.3 is 0 Å². The summed E-state index contributed by atoms with van der Waals surface area (Å²) in [5.41, 5.74) is 11.2. The summed E-state index contributed by atoms with van der Waals surface area (Å²) in [4.78, 5) is 2.50. The number of benzene rings is 8. The molecule has 0 spiro atoms. The first-order valence-corrected chi connectivity index (χ1v) is 16.1. The normalized spacial score (nSPS) is 13.2. The van der Waals surface area contributed by atoms with Gasteiger partial charge in [-0.05, 0) is 79.0 Å². The molecule has 1 aliphatic rings. The summed E-state index contributed by atoms with van der Waals surface area (Å²) in [7, 11) is 0. The van der Waals surface area contributed by atoms with Gasteiger partial charge in [-0.2, -0.15) is 0 Å². The minimum absolute atomic E-state index is 0.0878. The first-order valence-electron chi connectivity index (χ1n) is 16.1. The Labute approximate surface area is 270 Å². The molecule has 0 aromatic heterocycles. The van der Waals surface area contributed by atoms with Crippen molar-refractivity contribution in [3.63, 3.8) is 0 Å². The van der Waals surface area contributed by atoms with Crippen molar-refractivity contribution in [1.82, 2.24) is 0 Å². The van der Waals surface area contributed by atoms with Gasteiger partial charge in [-0.25, -0.2) is 0 Å². The molecular weight excluding hydrogens is 555 g/mol. The Morgan fingerprint density at radius 2 is 1.02 bits per heavy atom. The van der Waals surface area contributed by atoms with Crippen LogP contribution in [0.25, 0.3) is 54.6 Å². The van der Waals surface area contributed by atoms with Crippen LogP contribution in [-0.2, 0) is 5.41 Å². The molecule has 0 heterocycles. The van der Waals surface area contributed by atoms with Crippen LogP contribution in [-0.4, -0.2) is 0 Å². The van der Waals surface area contributed by atoms with Gasteiger partial charge in [-0.1, -0.05) is 153 Å². The van der Waals surface area contributed by atoms with E-state index in [4.69, 9.17) is 0 Å². The third-order valence-electron chi connectivity index (χ3n) is 10.0. The van der Waals surface area contributed by atoms with Crippen molar-refractivity contribution < 1.29 is 0 Å². The maximum Gasteiger partial charge on any atom is 0.0543 e. The van der Waals surface area contributed by atoms with Crippen LogP contribution >= 0.6 is 0 Å². The average Bonchev–Trinajstić information content (AvgIpc) is 3.35. The fourth-order valence-electron chi connectivity index (χ4n) is 7.82. The molecule has 0 saturated carbocycles. The molecule has 0 radical (unpaired) electrons. The number of anilines is 3. The number of nitrogens with zero attached hydrogens (tertiary/aromatic N) is 1. The molecule has 0 atom stereocenters. The van der Waals surface area contributed by atoms with Gasteiger partial charge < -0.3 is 4.90 Å². The van der Waals surface area contributed by atoms with Crippen molar-refractivity contribution in [2.75, 3.05) is 4.90 Å². The average molecular weight is 588 g/mol. The molecule has 0 N–H and O–H groups in total. The molecule has 0 fully saturated rings. The standard InChI is InChI=1S/C45H33N/c1-45(2)40-21-9-8-19-39(40)44-41(45)22-12-24-43(44)46(33-17-10-16-32(29-33)30-13-4-3-5-14-30)42-23-11-20-35-37-26-25-31-15-6-7-18-34(31)36(37)27-28-38(35)42/h3-29H,1-2H3. The van der Waals surface area contributed by atoms with Gasteiger partial charge in [-0.15, -0.1) is 0 Å². The molecule has 1 aliphatic carbocycles. The molecule has 8 aromatic rings. The van der Waals surface area contributed by atoms with E-state index in [1.165, 1.54) is 77.1 Å². The highest BCUT2D eigenvalue weighted by molar-refractivity contribution is 6.20. The summed E-state index contributed by atoms with van der Waals surface area (Å²) >= 11 is 0. The van der Waals surface area contributed by atoms with Crippen LogP contribution in [0.4, 0.5) is 17.1 Å². The van der Waals surface area contributed by atoms with Crippen molar-refractivity contribution in [3.05, 3.63) is 175 Å². The summed E-state index contributed by atoms with van der Waals surface area (Å²) in [6, 6.07) is 60.2. The summed E-state index contributed by atoms with van der Waals surface area (Å²) in [6.07, 6.45) is 0. The molecule has 9 rings (SSSR count). The highest BCUT2D eigenvalue weighted by Gasteiger charge is 2.37. The molecule has 46 heavy (non-hydrogen) atoms. The Morgan fingerprint density at radius 1 is 0.413 bits per heavy atom. The second-order valence-electron chi connectivity index (χ2n) is 12.9. The van der Waals surface area contributed by atoms with Gasteiger partial charge in [0.25, 0.3) is 0 Å². The van der Waals surface area contributed by atoms with E-state index in [2.05, 4.69) is 183 Å². The smallest absolute Gasteiger partial charge is 0.0543 e. The largest absolute Gasteiger partial charge is 0.309 e. The topological polar surface area (TPSA) is 3.24 Å². The summed E-state index contributed by atoms with van der Waals surface area (Å²) in [5.74, 6) is 0. The minimum Gasteiger partial charge on any atom is -0.309 e. The van der Waals surface area contributed by atoms with Crippen molar-refractivity contribution in [2.24, 2.45) is 0 Å². The lowest BCUT2D eigenvalue weighted by Crippen LogP contribution is -2.16. The number of hydrogen-bond donors (Lipinski definition) is 0. The van der Waals surface area contributed by atoms with Crippen molar-refractivity contribution >= 4 is 49.4 Å². The zero-order valence-corrected chi connectivity index (χ0v) is 26.0. The van der Waals surface area contributed by atoms with E-state index in [1.807, 2.05) is 0 Å². The lowest BCUT2D eigenvalue weighted by atomic mass is 9.82. The summed E-state index contributed by atoms with van der Waals surface area (Å²) < 4.78 is 0. The van der Waals surface area contributed by atoms with Crippen LogP contribution in [0.2, 0.25) is 0 Å². The van der Waals surface area contributed by atoms with E-state index in [9.17, 15) is 0 Å². The Hall–Kier alpha value is -5.66. The van der Waals surface area contributed by atoms with Crippen LogP contribution in [0.3, 0.4) is 0 Å².